The molecule has 3 heteroatoms. The highest BCUT2D eigenvalue weighted by Gasteiger charge is 2.17. The molecule has 1 saturated heterocycles. The smallest absolute Gasteiger partial charge is 0.0622 e. The SMILES string of the molecule is N#CCCCN1CC[C@H](N)C1. The van der Waals surface area contributed by atoms with Crippen LogP contribution in [0.5, 0.6) is 0 Å². The van der Waals surface area contributed by atoms with Gasteiger partial charge in [-0.15, -0.1) is 0 Å². The maximum Gasteiger partial charge on any atom is 0.0622 e. The standard InChI is InChI=1S/C8H15N3/c9-4-1-2-5-11-6-3-8(10)7-11/h8H,1-3,5-7,10H2/t8-/m0/s1. The Balaban J connectivity index is 2.05. The van der Waals surface area contributed by atoms with E-state index in [9.17, 15) is 0 Å². The van der Waals surface area contributed by atoms with Crippen LogP contribution in [-0.2, 0) is 0 Å². The average Bonchev–Trinajstić information content (AvgIpc) is 2.37. The number of nitrogens with two attached hydrogens (primary N) is 1. The third-order valence-corrected chi connectivity index (χ3v) is 2.07. The fourth-order valence-corrected chi connectivity index (χ4v) is 1.45. The van der Waals surface area contributed by atoms with Gasteiger partial charge in [-0.1, -0.05) is 0 Å². The maximum atomic E-state index is 8.30. The van der Waals surface area contributed by atoms with Crippen LogP contribution in [0.3, 0.4) is 0 Å². The van der Waals surface area contributed by atoms with Crippen molar-refractivity contribution in [2.75, 3.05) is 19.6 Å². The van der Waals surface area contributed by atoms with Crippen LogP contribution in [0.4, 0.5) is 0 Å². The summed E-state index contributed by atoms with van der Waals surface area (Å²) in [6.07, 6.45) is 2.78. The van der Waals surface area contributed by atoms with Crippen molar-refractivity contribution in [2.24, 2.45) is 5.73 Å². The molecule has 1 fully saturated rings. The van der Waals surface area contributed by atoms with Gasteiger partial charge in [-0.05, 0) is 25.9 Å². The van der Waals surface area contributed by atoms with Crippen LogP contribution in [-0.4, -0.2) is 30.6 Å². The van der Waals surface area contributed by atoms with Crippen LogP contribution in [0, 0.1) is 11.3 Å². The van der Waals surface area contributed by atoms with Gasteiger partial charge in [-0.25, -0.2) is 0 Å². The monoisotopic (exact) mass is 153 g/mol. The van der Waals surface area contributed by atoms with Gasteiger partial charge in [0.2, 0.25) is 0 Å². The topological polar surface area (TPSA) is 53.0 Å². The van der Waals surface area contributed by atoms with Crippen LogP contribution in [0.15, 0.2) is 0 Å². The zero-order chi connectivity index (χ0) is 8.10. The van der Waals surface area contributed by atoms with Crippen molar-refractivity contribution in [3.05, 3.63) is 0 Å². The molecule has 0 aromatic rings. The molecule has 1 aliphatic heterocycles. The van der Waals surface area contributed by atoms with Gasteiger partial charge in [0.15, 0.2) is 0 Å². The number of hydrogen-bond donors (Lipinski definition) is 1. The minimum absolute atomic E-state index is 0.372. The Labute approximate surface area is 67.8 Å². The number of unbranched alkanes of at least 4 members (excludes halogenated alkanes) is 1. The third kappa shape index (κ3) is 2.87. The van der Waals surface area contributed by atoms with E-state index in [1.165, 1.54) is 0 Å². The average molecular weight is 153 g/mol. The molecule has 0 amide bonds. The lowest BCUT2D eigenvalue weighted by Crippen LogP contribution is -2.27. The van der Waals surface area contributed by atoms with Gasteiger partial charge in [-0.3, -0.25) is 0 Å². The van der Waals surface area contributed by atoms with E-state index < -0.39 is 0 Å². The van der Waals surface area contributed by atoms with Gasteiger partial charge in [0.25, 0.3) is 0 Å². The Bertz CT molecular complexity index is 150. The lowest BCUT2D eigenvalue weighted by Gasteiger charge is -2.12. The van der Waals surface area contributed by atoms with E-state index in [1.54, 1.807) is 0 Å². The highest BCUT2D eigenvalue weighted by Crippen LogP contribution is 2.07. The quantitative estimate of drug-likeness (QED) is 0.594. The molecule has 1 atom stereocenters. The van der Waals surface area contributed by atoms with Crippen molar-refractivity contribution < 1.29 is 0 Å². The summed E-state index contributed by atoms with van der Waals surface area (Å²) >= 11 is 0. The minimum Gasteiger partial charge on any atom is -0.326 e. The van der Waals surface area contributed by atoms with Crippen LogP contribution in [0.1, 0.15) is 19.3 Å². The summed E-state index contributed by atoms with van der Waals surface area (Å²) in [6, 6.07) is 2.52. The van der Waals surface area contributed by atoms with Crippen molar-refractivity contribution >= 4 is 0 Å². The van der Waals surface area contributed by atoms with Gasteiger partial charge in [0.1, 0.15) is 0 Å². The maximum absolute atomic E-state index is 8.30. The molecular weight excluding hydrogens is 138 g/mol. The van der Waals surface area contributed by atoms with Crippen LogP contribution >= 0.6 is 0 Å². The van der Waals surface area contributed by atoms with Crippen molar-refractivity contribution in [3.8, 4) is 6.07 Å². The number of likely N-dealkylation sites (tertiary alicyclic amines) is 1. The van der Waals surface area contributed by atoms with Gasteiger partial charge in [-0.2, -0.15) is 5.26 Å². The zero-order valence-electron chi connectivity index (χ0n) is 6.79. The summed E-state index contributed by atoms with van der Waals surface area (Å²) in [4.78, 5) is 2.34. The lowest BCUT2D eigenvalue weighted by atomic mass is 10.3. The molecule has 0 saturated carbocycles. The summed E-state index contributed by atoms with van der Waals surface area (Å²) in [5.74, 6) is 0. The molecule has 0 aromatic carbocycles. The number of rotatable bonds is 3. The molecule has 0 aliphatic carbocycles. The first kappa shape index (κ1) is 8.51. The first-order chi connectivity index (χ1) is 5.33. The van der Waals surface area contributed by atoms with E-state index in [0.717, 1.165) is 32.5 Å². The first-order valence-corrected chi connectivity index (χ1v) is 4.18. The third-order valence-electron chi connectivity index (χ3n) is 2.07. The lowest BCUT2D eigenvalue weighted by molar-refractivity contribution is 0.331. The Kier molecular flexibility index (Phi) is 3.34. The minimum atomic E-state index is 0.372. The largest absolute Gasteiger partial charge is 0.326 e. The molecular formula is C8H15N3. The van der Waals surface area contributed by atoms with E-state index in [2.05, 4.69) is 11.0 Å². The van der Waals surface area contributed by atoms with Crippen molar-refractivity contribution in [3.63, 3.8) is 0 Å². The summed E-state index contributed by atoms with van der Waals surface area (Å²) < 4.78 is 0. The van der Waals surface area contributed by atoms with Crippen molar-refractivity contribution in [1.82, 2.24) is 4.90 Å². The molecule has 1 heterocycles. The molecule has 0 unspecified atom stereocenters. The van der Waals surface area contributed by atoms with E-state index in [0.29, 0.717) is 12.5 Å². The Morgan fingerprint density at radius 1 is 1.64 bits per heavy atom. The van der Waals surface area contributed by atoms with Gasteiger partial charge in [0, 0.05) is 19.0 Å². The second kappa shape index (κ2) is 4.32. The second-order valence-corrected chi connectivity index (χ2v) is 3.11. The molecule has 3 nitrogen and oxygen atoms in total. The summed E-state index contributed by atoms with van der Waals surface area (Å²) in [5, 5.41) is 8.30. The van der Waals surface area contributed by atoms with E-state index >= 15 is 0 Å². The van der Waals surface area contributed by atoms with Gasteiger partial charge < -0.3 is 10.6 Å². The molecule has 1 aliphatic rings. The molecule has 1 rings (SSSR count). The number of hydrogen-bond acceptors (Lipinski definition) is 3. The second-order valence-electron chi connectivity index (χ2n) is 3.11. The molecule has 0 aromatic heterocycles. The Morgan fingerprint density at radius 3 is 3.00 bits per heavy atom. The predicted molar refractivity (Wildman–Crippen MR) is 43.9 cm³/mol. The Hall–Kier alpha value is -0.590. The summed E-state index contributed by atoms with van der Waals surface area (Å²) in [5.41, 5.74) is 5.72. The number of nitriles is 1. The van der Waals surface area contributed by atoms with Crippen LogP contribution < -0.4 is 5.73 Å². The summed E-state index contributed by atoms with van der Waals surface area (Å²) in [7, 11) is 0. The fourth-order valence-electron chi connectivity index (χ4n) is 1.45. The normalized spacial score (nSPS) is 25.3. The highest BCUT2D eigenvalue weighted by atomic mass is 15.2. The summed E-state index contributed by atoms with van der Waals surface area (Å²) in [6.45, 7) is 3.18. The van der Waals surface area contributed by atoms with Crippen molar-refractivity contribution in [1.29, 1.82) is 5.26 Å². The fraction of sp³-hybridized carbons (Fsp3) is 0.875. The highest BCUT2D eigenvalue weighted by molar-refractivity contribution is 4.78. The molecule has 2 N–H and O–H groups in total. The first-order valence-electron chi connectivity index (χ1n) is 4.18. The predicted octanol–water partition coefficient (Wildman–Crippen LogP) is 0.323. The van der Waals surface area contributed by atoms with E-state index in [1.807, 2.05) is 0 Å². The van der Waals surface area contributed by atoms with E-state index in [4.69, 9.17) is 11.0 Å². The molecule has 11 heavy (non-hydrogen) atoms. The molecule has 62 valence electrons. The number of nitrogens with zero attached hydrogens (tertiary/aromatic N) is 2. The molecule has 0 radical (unpaired) electrons. The van der Waals surface area contributed by atoms with Crippen molar-refractivity contribution in [2.45, 2.75) is 25.3 Å². The molecule has 0 bridgehead atoms. The molecule has 0 spiro atoms. The zero-order valence-corrected chi connectivity index (χ0v) is 6.79. The van der Waals surface area contributed by atoms with Crippen LogP contribution in [0.2, 0.25) is 0 Å². The van der Waals surface area contributed by atoms with Gasteiger partial charge >= 0.3 is 0 Å². The van der Waals surface area contributed by atoms with Gasteiger partial charge in [0.05, 0.1) is 6.07 Å². The van der Waals surface area contributed by atoms with Crippen LogP contribution in [0.25, 0.3) is 0 Å². The Morgan fingerprint density at radius 2 is 2.45 bits per heavy atom. The van der Waals surface area contributed by atoms with E-state index in [-0.39, 0.29) is 0 Å².